The van der Waals surface area contributed by atoms with Gasteiger partial charge in [0.1, 0.15) is 29.8 Å². The van der Waals surface area contributed by atoms with Crippen LogP contribution in [0, 0.1) is 0 Å². The average Bonchev–Trinajstić information content (AvgIpc) is 3.62. The Hall–Kier alpha value is -3.27. The zero-order chi connectivity index (χ0) is 28.7. The molecular weight excluding hydrogens is 512 g/mol. The van der Waals surface area contributed by atoms with Gasteiger partial charge in [0.15, 0.2) is 5.78 Å². The first kappa shape index (κ1) is 29.7. The summed E-state index contributed by atoms with van der Waals surface area (Å²) in [6.07, 6.45) is 5.33. The fourth-order valence-electron chi connectivity index (χ4n) is 6.13. The molecular formula is C30H42N4O6. The van der Waals surface area contributed by atoms with Crippen LogP contribution in [-0.2, 0) is 30.4 Å². The highest BCUT2D eigenvalue weighted by molar-refractivity contribution is 5.99. The fraction of sp³-hybridized carbons (Fsp3) is 0.633. The predicted molar refractivity (Wildman–Crippen MR) is 148 cm³/mol. The highest BCUT2D eigenvalue weighted by atomic mass is 16.3. The van der Waals surface area contributed by atoms with Crippen molar-refractivity contribution < 1.29 is 29.1 Å². The number of nitrogens with one attached hydrogen (secondary N) is 3. The summed E-state index contributed by atoms with van der Waals surface area (Å²) < 4.78 is 0. The lowest BCUT2D eigenvalue weighted by atomic mass is 9.93. The Morgan fingerprint density at radius 3 is 2.40 bits per heavy atom. The number of aliphatic hydroxyl groups excluding tert-OH is 1. The Morgan fingerprint density at radius 1 is 0.975 bits per heavy atom. The number of unbranched alkanes of at least 4 members (excludes halogenated alkanes) is 2. The number of aliphatic hydroxyl groups is 1. The molecule has 10 nitrogen and oxygen atoms in total. The van der Waals surface area contributed by atoms with Gasteiger partial charge in [0, 0.05) is 19.4 Å². The van der Waals surface area contributed by atoms with E-state index in [0.29, 0.717) is 64.3 Å². The molecule has 4 atom stereocenters. The third-order valence-corrected chi connectivity index (χ3v) is 8.49. The molecule has 1 spiro atoms. The van der Waals surface area contributed by atoms with E-state index in [1.54, 1.807) is 4.90 Å². The maximum absolute atomic E-state index is 13.8. The molecule has 4 rings (SSSR count). The second-order valence-electron chi connectivity index (χ2n) is 11.5. The summed E-state index contributed by atoms with van der Waals surface area (Å²) in [5.74, 6) is -1.62. The first-order valence-electron chi connectivity index (χ1n) is 14.7. The van der Waals surface area contributed by atoms with E-state index in [1.807, 2.05) is 30.3 Å². The van der Waals surface area contributed by atoms with Gasteiger partial charge in [-0.25, -0.2) is 0 Å². The van der Waals surface area contributed by atoms with Crippen molar-refractivity contribution in [3.8, 4) is 0 Å². The molecule has 1 aliphatic carbocycles. The Balaban J connectivity index is 1.55. The Morgan fingerprint density at radius 2 is 1.70 bits per heavy atom. The Kier molecular flexibility index (Phi) is 9.95. The quantitative estimate of drug-likeness (QED) is 0.341. The minimum atomic E-state index is -1.14. The Bertz CT molecular complexity index is 1080. The minimum Gasteiger partial charge on any atom is -0.386 e. The maximum atomic E-state index is 13.8. The van der Waals surface area contributed by atoms with Crippen molar-refractivity contribution in [1.82, 2.24) is 20.9 Å². The van der Waals surface area contributed by atoms with Crippen LogP contribution in [0.1, 0.15) is 83.1 Å². The van der Waals surface area contributed by atoms with Crippen LogP contribution in [0.4, 0.5) is 0 Å². The van der Waals surface area contributed by atoms with Gasteiger partial charge in [0.2, 0.25) is 23.6 Å². The summed E-state index contributed by atoms with van der Waals surface area (Å²) >= 11 is 0. The predicted octanol–water partition coefficient (Wildman–Crippen LogP) is 1.53. The molecule has 2 aliphatic heterocycles. The second-order valence-corrected chi connectivity index (χ2v) is 11.5. The van der Waals surface area contributed by atoms with E-state index >= 15 is 0 Å². The van der Waals surface area contributed by atoms with Gasteiger partial charge in [-0.15, -0.1) is 0 Å². The number of rotatable bonds is 9. The summed E-state index contributed by atoms with van der Waals surface area (Å²) in [5, 5.41) is 18.3. The number of Topliss-reactive ketones (excluding diaryl/α,β-unsaturated/α-hetero) is 1. The van der Waals surface area contributed by atoms with E-state index in [2.05, 4.69) is 16.0 Å². The lowest BCUT2D eigenvalue weighted by molar-refractivity contribution is -0.144. The topological polar surface area (TPSA) is 145 Å². The van der Waals surface area contributed by atoms with Gasteiger partial charge in [-0.3, -0.25) is 24.0 Å². The van der Waals surface area contributed by atoms with Crippen LogP contribution in [0.3, 0.4) is 0 Å². The monoisotopic (exact) mass is 554 g/mol. The molecule has 4 N–H and O–H groups in total. The molecule has 2 saturated heterocycles. The van der Waals surface area contributed by atoms with Crippen molar-refractivity contribution in [2.24, 2.45) is 0 Å². The molecule has 0 aromatic heterocycles. The molecule has 4 amide bonds. The largest absolute Gasteiger partial charge is 0.386 e. The summed E-state index contributed by atoms with van der Waals surface area (Å²) in [7, 11) is 0. The van der Waals surface area contributed by atoms with Crippen molar-refractivity contribution >= 4 is 29.4 Å². The van der Waals surface area contributed by atoms with Gasteiger partial charge < -0.3 is 26.0 Å². The normalized spacial score (nSPS) is 25.9. The van der Waals surface area contributed by atoms with E-state index in [4.69, 9.17) is 0 Å². The van der Waals surface area contributed by atoms with Crippen molar-refractivity contribution in [3.05, 3.63) is 35.9 Å². The first-order valence-corrected chi connectivity index (χ1v) is 14.7. The second kappa shape index (κ2) is 13.4. The molecule has 0 radical (unpaired) electrons. The van der Waals surface area contributed by atoms with Crippen molar-refractivity contribution in [2.75, 3.05) is 6.54 Å². The highest BCUT2D eigenvalue weighted by Crippen LogP contribution is 2.31. The van der Waals surface area contributed by atoms with E-state index in [-0.39, 0.29) is 29.9 Å². The third kappa shape index (κ3) is 7.08. The lowest BCUT2D eigenvalue weighted by Crippen LogP contribution is -2.65. The van der Waals surface area contributed by atoms with E-state index < -0.39 is 35.7 Å². The van der Waals surface area contributed by atoms with Gasteiger partial charge in [-0.2, -0.15) is 0 Å². The Labute approximate surface area is 235 Å². The molecule has 1 aromatic carbocycles. The fourth-order valence-corrected chi connectivity index (χ4v) is 6.13. The number of hydrogen-bond acceptors (Lipinski definition) is 6. The van der Waals surface area contributed by atoms with Crippen LogP contribution in [0.2, 0.25) is 0 Å². The van der Waals surface area contributed by atoms with E-state index in [9.17, 15) is 29.1 Å². The zero-order valence-corrected chi connectivity index (χ0v) is 23.3. The SMILES string of the molecule is C[C@@H](O)C(=O)CCCCC[C@@H]1NC(=O)[C@H]2CCCN2C(=O)[C@H](Cc2ccccc2)NC(=O)C2(CCCC2)NC1=O. The molecule has 40 heavy (non-hydrogen) atoms. The molecule has 0 unspecified atom stereocenters. The zero-order valence-electron chi connectivity index (χ0n) is 23.3. The molecule has 3 aliphatic rings. The number of hydrogen-bond donors (Lipinski definition) is 4. The molecule has 1 saturated carbocycles. The van der Waals surface area contributed by atoms with E-state index in [1.165, 1.54) is 6.92 Å². The number of carbonyl (C=O) groups is 5. The van der Waals surface area contributed by atoms with Crippen LogP contribution in [0.25, 0.3) is 0 Å². The van der Waals surface area contributed by atoms with Crippen LogP contribution >= 0.6 is 0 Å². The van der Waals surface area contributed by atoms with Crippen LogP contribution < -0.4 is 16.0 Å². The van der Waals surface area contributed by atoms with Gasteiger partial charge in [-0.05, 0) is 51.0 Å². The summed E-state index contributed by atoms with van der Waals surface area (Å²) in [6.45, 7) is 1.86. The number of benzene rings is 1. The number of nitrogens with zero attached hydrogens (tertiary/aromatic N) is 1. The van der Waals surface area contributed by atoms with Crippen molar-refractivity contribution in [2.45, 2.75) is 114 Å². The molecule has 1 aromatic rings. The first-order chi connectivity index (χ1) is 19.2. The smallest absolute Gasteiger partial charge is 0.246 e. The van der Waals surface area contributed by atoms with Gasteiger partial charge in [0.25, 0.3) is 0 Å². The molecule has 2 heterocycles. The van der Waals surface area contributed by atoms with Crippen LogP contribution in [0.5, 0.6) is 0 Å². The summed E-state index contributed by atoms with van der Waals surface area (Å²) in [4.78, 5) is 68.0. The maximum Gasteiger partial charge on any atom is 0.246 e. The minimum absolute atomic E-state index is 0.220. The molecule has 0 bridgehead atoms. The number of ketones is 1. The standard InChI is InChI=1S/C30H42N4O6/c1-20(35)25(36)15-7-3-6-13-22-26(37)33-30(16-8-9-17-30)29(40)32-23(19-21-11-4-2-5-12-21)28(39)34-18-10-14-24(34)27(38)31-22/h2,4-5,11-12,20,22-24,35H,3,6-10,13-19H2,1H3,(H,31,38)(H,32,40)(H,33,37)/t20-,22+,23+,24-/m1/s1. The third-order valence-electron chi connectivity index (χ3n) is 8.49. The molecule has 10 heteroatoms. The summed E-state index contributed by atoms with van der Waals surface area (Å²) in [6, 6.07) is 7.05. The molecule has 3 fully saturated rings. The van der Waals surface area contributed by atoms with E-state index in [0.717, 1.165) is 18.4 Å². The average molecular weight is 555 g/mol. The lowest BCUT2D eigenvalue weighted by Gasteiger charge is -2.36. The van der Waals surface area contributed by atoms with Crippen molar-refractivity contribution in [1.29, 1.82) is 0 Å². The highest BCUT2D eigenvalue weighted by Gasteiger charge is 2.47. The summed E-state index contributed by atoms with van der Waals surface area (Å²) in [5.41, 5.74) is -0.240. The van der Waals surface area contributed by atoms with Gasteiger partial charge in [0.05, 0.1) is 0 Å². The number of fused-ring (bicyclic) bond motifs is 1. The van der Waals surface area contributed by atoms with Gasteiger partial charge in [-0.1, -0.05) is 56.0 Å². The number of amides is 4. The molecule has 218 valence electrons. The van der Waals surface area contributed by atoms with Gasteiger partial charge >= 0.3 is 0 Å². The van der Waals surface area contributed by atoms with Crippen molar-refractivity contribution in [3.63, 3.8) is 0 Å². The van der Waals surface area contributed by atoms with Crippen LogP contribution in [0.15, 0.2) is 30.3 Å². The number of carbonyl (C=O) groups excluding carboxylic acids is 5. The van der Waals surface area contributed by atoms with Crippen LogP contribution in [-0.4, -0.2) is 75.7 Å².